The number of carbonyl (C=O) groups excluding carboxylic acids is 2. The Morgan fingerprint density at radius 2 is 1.90 bits per heavy atom. The number of methoxy groups -OCH3 is 1. The van der Waals surface area contributed by atoms with E-state index in [1.807, 2.05) is 0 Å². The number of rotatable bonds is 6. The fourth-order valence-electron chi connectivity index (χ4n) is 2.17. The van der Waals surface area contributed by atoms with Crippen LogP contribution in [-0.4, -0.2) is 42.9 Å². The maximum atomic E-state index is 13.1. The molecule has 0 bridgehead atoms. The lowest BCUT2D eigenvalue weighted by Gasteiger charge is -2.25. The SMILES string of the molecule is CCC(=O)N(c1ccc(Oc2cncc(Cl)n2)cc1C(=O)OC)S(=O)(=O)C(F)(F)F. The maximum Gasteiger partial charge on any atom is 0.517 e. The van der Waals surface area contributed by atoms with Gasteiger partial charge in [-0.3, -0.25) is 9.78 Å². The van der Waals surface area contributed by atoms with Crippen molar-refractivity contribution >= 4 is 39.2 Å². The molecule has 162 valence electrons. The largest absolute Gasteiger partial charge is 0.517 e. The fourth-order valence-corrected chi connectivity index (χ4v) is 3.33. The van der Waals surface area contributed by atoms with E-state index in [9.17, 15) is 31.2 Å². The topological polar surface area (TPSA) is 116 Å². The Balaban J connectivity index is 2.64. The van der Waals surface area contributed by atoms with Crippen LogP contribution in [0.1, 0.15) is 23.7 Å². The molecule has 0 aliphatic carbocycles. The standard InChI is InChI=1S/C16H13ClF3N3O6S/c1-3-14(24)23(30(26,27)16(18,19)20)11-5-4-9(6-10(11)15(25)28-2)29-13-8-21-7-12(17)22-13/h4-8H,3H2,1-2H3. The molecule has 30 heavy (non-hydrogen) atoms. The quantitative estimate of drug-likeness (QED) is 0.594. The fraction of sp³-hybridized carbons (Fsp3) is 0.250. The van der Waals surface area contributed by atoms with Gasteiger partial charge in [-0.15, -0.1) is 0 Å². The van der Waals surface area contributed by atoms with E-state index in [1.165, 1.54) is 12.4 Å². The van der Waals surface area contributed by atoms with Gasteiger partial charge >= 0.3 is 21.5 Å². The van der Waals surface area contributed by atoms with Gasteiger partial charge in [0.05, 0.1) is 30.8 Å². The molecule has 0 atom stereocenters. The van der Waals surface area contributed by atoms with Crippen LogP contribution in [0.4, 0.5) is 18.9 Å². The summed E-state index contributed by atoms with van der Waals surface area (Å²) in [6, 6.07) is 2.73. The van der Waals surface area contributed by atoms with Crippen molar-refractivity contribution in [2.75, 3.05) is 11.4 Å². The average Bonchev–Trinajstić information content (AvgIpc) is 2.67. The van der Waals surface area contributed by atoms with Gasteiger partial charge < -0.3 is 9.47 Å². The zero-order valence-corrected chi connectivity index (χ0v) is 16.9. The molecule has 0 aliphatic heterocycles. The molecule has 2 aromatic rings. The predicted molar refractivity (Wildman–Crippen MR) is 97.6 cm³/mol. The second-order valence-electron chi connectivity index (χ2n) is 5.42. The molecule has 2 rings (SSSR count). The first kappa shape index (κ1) is 23.3. The second-order valence-corrected chi connectivity index (χ2v) is 7.58. The minimum Gasteiger partial charge on any atom is -0.465 e. The maximum absolute atomic E-state index is 13.1. The number of sulfonamides is 1. The minimum absolute atomic E-state index is 0.0201. The van der Waals surface area contributed by atoms with Gasteiger partial charge in [-0.2, -0.15) is 30.9 Å². The van der Waals surface area contributed by atoms with Crippen molar-refractivity contribution in [1.82, 2.24) is 9.97 Å². The molecule has 0 fully saturated rings. The number of halogens is 4. The van der Waals surface area contributed by atoms with Crippen LogP contribution >= 0.6 is 11.6 Å². The van der Waals surface area contributed by atoms with Crippen LogP contribution in [0.15, 0.2) is 30.6 Å². The lowest BCUT2D eigenvalue weighted by atomic mass is 10.1. The predicted octanol–water partition coefficient (Wildman–Crippen LogP) is 3.30. The summed E-state index contributed by atoms with van der Waals surface area (Å²) < 4.78 is 72.7. The van der Waals surface area contributed by atoms with E-state index in [0.717, 1.165) is 32.2 Å². The molecule has 1 amide bonds. The number of amides is 1. The summed E-state index contributed by atoms with van der Waals surface area (Å²) in [5, 5.41) is -0.0201. The first-order valence-electron chi connectivity index (χ1n) is 7.94. The Bertz CT molecular complexity index is 1080. The van der Waals surface area contributed by atoms with E-state index < -0.39 is 49.4 Å². The van der Waals surface area contributed by atoms with Crippen molar-refractivity contribution in [3.63, 3.8) is 0 Å². The number of hydrogen-bond acceptors (Lipinski definition) is 8. The lowest BCUT2D eigenvalue weighted by molar-refractivity contribution is -0.117. The molecule has 1 heterocycles. The van der Waals surface area contributed by atoms with Crippen molar-refractivity contribution in [2.45, 2.75) is 18.9 Å². The van der Waals surface area contributed by atoms with Crippen LogP contribution < -0.4 is 9.04 Å². The number of ether oxygens (including phenoxy) is 2. The first-order valence-corrected chi connectivity index (χ1v) is 9.76. The van der Waals surface area contributed by atoms with E-state index in [2.05, 4.69) is 14.7 Å². The highest BCUT2D eigenvalue weighted by Crippen LogP contribution is 2.36. The van der Waals surface area contributed by atoms with Crippen molar-refractivity contribution in [2.24, 2.45) is 0 Å². The summed E-state index contributed by atoms with van der Waals surface area (Å²) in [6.45, 7) is 1.16. The highest BCUT2D eigenvalue weighted by Gasteiger charge is 2.52. The first-order chi connectivity index (χ1) is 13.9. The summed E-state index contributed by atoms with van der Waals surface area (Å²) in [5.74, 6) is -2.87. The molecule has 0 saturated carbocycles. The Labute approximate surface area is 173 Å². The third kappa shape index (κ3) is 4.79. The molecule has 1 aromatic heterocycles. The zero-order chi connectivity index (χ0) is 22.7. The molecule has 0 N–H and O–H groups in total. The molecular formula is C16H13ClF3N3O6S. The molecule has 0 spiro atoms. The van der Waals surface area contributed by atoms with E-state index in [-0.39, 0.29) is 16.8 Å². The Hall–Kier alpha value is -2.93. The normalized spacial score (nSPS) is 11.7. The number of benzene rings is 1. The molecule has 14 heteroatoms. The third-order valence-corrected chi connectivity index (χ3v) is 5.11. The van der Waals surface area contributed by atoms with Crippen LogP contribution in [0.5, 0.6) is 11.6 Å². The minimum atomic E-state index is -6.15. The van der Waals surface area contributed by atoms with Crippen molar-refractivity contribution in [3.05, 3.63) is 41.3 Å². The molecule has 0 aliphatic rings. The smallest absolute Gasteiger partial charge is 0.465 e. The molecule has 9 nitrogen and oxygen atoms in total. The van der Waals surface area contributed by atoms with Crippen LogP contribution in [0.25, 0.3) is 0 Å². The zero-order valence-electron chi connectivity index (χ0n) is 15.3. The Kier molecular flexibility index (Phi) is 6.87. The van der Waals surface area contributed by atoms with Crippen molar-refractivity contribution in [3.8, 4) is 11.6 Å². The number of esters is 1. The van der Waals surface area contributed by atoms with Gasteiger partial charge in [0.2, 0.25) is 11.8 Å². The van der Waals surface area contributed by atoms with Crippen LogP contribution in [-0.2, 0) is 19.6 Å². The van der Waals surface area contributed by atoms with Gasteiger partial charge in [-0.25, -0.2) is 4.79 Å². The second kappa shape index (κ2) is 8.83. The summed E-state index contributed by atoms with van der Waals surface area (Å²) in [6.07, 6.45) is 1.79. The van der Waals surface area contributed by atoms with Crippen molar-refractivity contribution in [1.29, 1.82) is 0 Å². The number of alkyl halides is 3. The monoisotopic (exact) mass is 467 g/mol. The average molecular weight is 468 g/mol. The van der Waals surface area contributed by atoms with Crippen LogP contribution in [0.2, 0.25) is 5.15 Å². The highest BCUT2D eigenvalue weighted by molar-refractivity contribution is 7.94. The van der Waals surface area contributed by atoms with Crippen molar-refractivity contribution < 1.29 is 40.7 Å². The lowest BCUT2D eigenvalue weighted by Crippen LogP contribution is -2.45. The molecule has 0 unspecified atom stereocenters. The molecule has 0 saturated heterocycles. The Morgan fingerprint density at radius 1 is 1.23 bits per heavy atom. The molecule has 0 radical (unpaired) electrons. The molecular weight excluding hydrogens is 455 g/mol. The van der Waals surface area contributed by atoms with E-state index in [1.54, 1.807) is 0 Å². The third-order valence-electron chi connectivity index (χ3n) is 3.46. The van der Waals surface area contributed by atoms with E-state index in [0.29, 0.717) is 0 Å². The summed E-state index contributed by atoms with van der Waals surface area (Å²) in [5.41, 5.74) is -7.31. The summed E-state index contributed by atoms with van der Waals surface area (Å²) in [4.78, 5) is 31.8. The van der Waals surface area contributed by atoms with E-state index in [4.69, 9.17) is 16.3 Å². The van der Waals surface area contributed by atoms with Crippen LogP contribution in [0, 0.1) is 0 Å². The van der Waals surface area contributed by atoms with Gasteiger partial charge in [-0.1, -0.05) is 18.5 Å². The summed E-state index contributed by atoms with van der Waals surface area (Å²) in [7, 11) is -5.23. The number of aromatic nitrogens is 2. The number of nitrogens with zero attached hydrogens (tertiary/aromatic N) is 3. The summed E-state index contributed by atoms with van der Waals surface area (Å²) >= 11 is 5.68. The van der Waals surface area contributed by atoms with Gasteiger partial charge in [0.25, 0.3) is 0 Å². The molecule has 1 aromatic carbocycles. The van der Waals surface area contributed by atoms with Gasteiger partial charge in [0.1, 0.15) is 5.75 Å². The number of hydrogen-bond donors (Lipinski definition) is 0. The Morgan fingerprint density at radius 3 is 2.43 bits per heavy atom. The highest BCUT2D eigenvalue weighted by atomic mass is 35.5. The number of carbonyl (C=O) groups is 2. The number of anilines is 1. The van der Waals surface area contributed by atoms with Gasteiger partial charge in [0.15, 0.2) is 5.15 Å². The van der Waals surface area contributed by atoms with Gasteiger partial charge in [0, 0.05) is 6.42 Å². The van der Waals surface area contributed by atoms with E-state index >= 15 is 0 Å². The van der Waals surface area contributed by atoms with Gasteiger partial charge in [-0.05, 0) is 18.2 Å². The van der Waals surface area contributed by atoms with Crippen LogP contribution in [0.3, 0.4) is 0 Å².